The minimum Gasteiger partial charge on any atom is -0.383 e. The number of hydrogen-bond donors (Lipinski definition) is 1. The maximum Gasteiger partial charge on any atom is 0.243 e. The summed E-state index contributed by atoms with van der Waals surface area (Å²) in [6.07, 6.45) is 4.91. The molecule has 4 nitrogen and oxygen atoms in total. The zero-order valence-electron chi connectivity index (χ0n) is 12.1. The predicted octanol–water partition coefficient (Wildman–Crippen LogP) is 2.38. The van der Waals surface area contributed by atoms with Gasteiger partial charge in [0.05, 0.1) is 18.7 Å². The average Bonchev–Trinajstić information content (AvgIpc) is 2.96. The fourth-order valence-corrected chi connectivity index (χ4v) is 3.48. The van der Waals surface area contributed by atoms with Crippen LogP contribution in [0.2, 0.25) is 0 Å². The number of ether oxygens (including phenoxy) is 1. The fraction of sp³-hybridized carbons (Fsp3) is 0.667. The van der Waals surface area contributed by atoms with Gasteiger partial charge in [0.2, 0.25) is 5.91 Å². The van der Waals surface area contributed by atoms with E-state index in [1.165, 1.54) is 11.3 Å². The van der Waals surface area contributed by atoms with Crippen LogP contribution in [0.25, 0.3) is 0 Å². The van der Waals surface area contributed by atoms with Crippen LogP contribution in [0.3, 0.4) is 0 Å². The third kappa shape index (κ3) is 3.81. The molecule has 0 aromatic carbocycles. The summed E-state index contributed by atoms with van der Waals surface area (Å²) in [4.78, 5) is 15.9. The molecule has 1 fully saturated rings. The molecule has 1 aliphatic carbocycles. The SMILES string of the molecule is COCCN(Cc1cccs1)C(=O)C1(N)CCCCC1. The van der Waals surface area contributed by atoms with Crippen LogP contribution in [0.5, 0.6) is 0 Å². The Morgan fingerprint density at radius 2 is 2.20 bits per heavy atom. The van der Waals surface area contributed by atoms with Gasteiger partial charge >= 0.3 is 0 Å². The van der Waals surface area contributed by atoms with Crippen molar-refractivity contribution in [3.63, 3.8) is 0 Å². The highest BCUT2D eigenvalue weighted by Gasteiger charge is 2.38. The number of hydrogen-bond acceptors (Lipinski definition) is 4. The van der Waals surface area contributed by atoms with Crippen molar-refractivity contribution in [1.29, 1.82) is 0 Å². The second-order valence-corrected chi connectivity index (χ2v) is 6.55. The first-order valence-corrected chi connectivity index (χ1v) is 8.13. The van der Waals surface area contributed by atoms with Gasteiger partial charge in [-0.2, -0.15) is 0 Å². The molecule has 1 aromatic rings. The van der Waals surface area contributed by atoms with E-state index in [-0.39, 0.29) is 5.91 Å². The monoisotopic (exact) mass is 296 g/mol. The summed E-state index contributed by atoms with van der Waals surface area (Å²) in [6.45, 7) is 1.79. The lowest BCUT2D eigenvalue weighted by Gasteiger charge is -2.36. The number of thiophene rings is 1. The topological polar surface area (TPSA) is 55.6 Å². The van der Waals surface area contributed by atoms with Gasteiger partial charge in [-0.3, -0.25) is 4.79 Å². The van der Waals surface area contributed by atoms with Crippen molar-refractivity contribution in [2.45, 2.75) is 44.2 Å². The van der Waals surface area contributed by atoms with E-state index in [1.54, 1.807) is 18.4 Å². The van der Waals surface area contributed by atoms with Gasteiger partial charge in [-0.1, -0.05) is 25.3 Å². The van der Waals surface area contributed by atoms with Crippen molar-refractivity contribution in [2.75, 3.05) is 20.3 Å². The van der Waals surface area contributed by atoms with Crippen LogP contribution in [-0.2, 0) is 16.1 Å². The second kappa shape index (κ2) is 7.20. The molecule has 0 unspecified atom stereocenters. The highest BCUT2D eigenvalue weighted by Crippen LogP contribution is 2.28. The van der Waals surface area contributed by atoms with Crippen molar-refractivity contribution in [3.8, 4) is 0 Å². The second-order valence-electron chi connectivity index (χ2n) is 5.52. The van der Waals surface area contributed by atoms with Gasteiger partial charge in [0.25, 0.3) is 0 Å². The van der Waals surface area contributed by atoms with Gasteiger partial charge in [0.15, 0.2) is 0 Å². The van der Waals surface area contributed by atoms with Crippen LogP contribution in [-0.4, -0.2) is 36.6 Å². The largest absolute Gasteiger partial charge is 0.383 e. The Bertz CT molecular complexity index is 414. The van der Waals surface area contributed by atoms with Crippen LogP contribution >= 0.6 is 11.3 Å². The first kappa shape index (κ1) is 15.5. The minimum atomic E-state index is -0.663. The van der Waals surface area contributed by atoms with Gasteiger partial charge in [-0.25, -0.2) is 0 Å². The molecule has 1 saturated carbocycles. The molecule has 2 N–H and O–H groups in total. The van der Waals surface area contributed by atoms with Gasteiger partial charge in [0.1, 0.15) is 0 Å². The summed E-state index contributed by atoms with van der Waals surface area (Å²) in [5, 5.41) is 2.03. The normalized spacial score (nSPS) is 17.9. The molecule has 5 heteroatoms. The molecule has 0 radical (unpaired) electrons. The summed E-state index contributed by atoms with van der Waals surface area (Å²) < 4.78 is 5.13. The lowest BCUT2D eigenvalue weighted by atomic mass is 9.81. The number of amides is 1. The molecule has 20 heavy (non-hydrogen) atoms. The summed E-state index contributed by atoms with van der Waals surface area (Å²) in [7, 11) is 1.66. The van der Waals surface area contributed by atoms with Crippen LogP contribution in [0.4, 0.5) is 0 Å². The number of methoxy groups -OCH3 is 1. The Morgan fingerprint density at radius 1 is 1.45 bits per heavy atom. The van der Waals surface area contributed by atoms with Crippen LogP contribution in [0.15, 0.2) is 17.5 Å². The molecule has 1 aliphatic rings. The third-order valence-electron chi connectivity index (χ3n) is 3.95. The molecule has 0 bridgehead atoms. The Balaban J connectivity index is 2.06. The standard InChI is InChI=1S/C15H24N2O2S/c1-19-10-9-17(12-13-6-5-11-20-13)14(18)15(16)7-3-2-4-8-15/h5-6,11H,2-4,7-10,12,16H2,1H3. The number of nitrogens with two attached hydrogens (primary N) is 1. The summed E-state index contributed by atoms with van der Waals surface area (Å²) >= 11 is 1.67. The van der Waals surface area contributed by atoms with Crippen molar-refractivity contribution in [2.24, 2.45) is 5.73 Å². The zero-order valence-corrected chi connectivity index (χ0v) is 13.0. The number of nitrogens with zero attached hydrogens (tertiary/aromatic N) is 1. The molecule has 0 atom stereocenters. The van der Waals surface area contributed by atoms with Crippen molar-refractivity contribution >= 4 is 17.2 Å². The van der Waals surface area contributed by atoms with Crippen LogP contribution in [0.1, 0.15) is 37.0 Å². The molecule has 0 spiro atoms. The maximum atomic E-state index is 12.8. The van der Waals surface area contributed by atoms with Gasteiger partial charge < -0.3 is 15.4 Å². The molecule has 1 heterocycles. The van der Waals surface area contributed by atoms with E-state index in [1.807, 2.05) is 16.3 Å². The molecule has 0 aliphatic heterocycles. The van der Waals surface area contributed by atoms with Crippen molar-refractivity contribution in [1.82, 2.24) is 4.90 Å². The first-order valence-electron chi connectivity index (χ1n) is 7.25. The molecule has 1 amide bonds. The van der Waals surface area contributed by atoms with Crippen molar-refractivity contribution < 1.29 is 9.53 Å². The Labute approximate surface area is 124 Å². The van der Waals surface area contributed by atoms with Gasteiger partial charge in [-0.05, 0) is 24.3 Å². The van der Waals surface area contributed by atoms with Gasteiger partial charge in [-0.15, -0.1) is 11.3 Å². The Kier molecular flexibility index (Phi) is 5.57. The minimum absolute atomic E-state index is 0.0858. The van der Waals surface area contributed by atoms with E-state index >= 15 is 0 Å². The molecule has 112 valence electrons. The van der Waals surface area contributed by atoms with Crippen LogP contribution < -0.4 is 5.73 Å². The lowest BCUT2D eigenvalue weighted by Crippen LogP contribution is -2.56. The highest BCUT2D eigenvalue weighted by atomic mass is 32.1. The molecule has 2 rings (SSSR count). The summed E-state index contributed by atoms with van der Waals surface area (Å²) in [6, 6.07) is 4.07. The number of carbonyl (C=O) groups excluding carboxylic acids is 1. The smallest absolute Gasteiger partial charge is 0.243 e. The summed E-state index contributed by atoms with van der Waals surface area (Å²) in [5.41, 5.74) is 5.71. The highest BCUT2D eigenvalue weighted by molar-refractivity contribution is 7.09. The summed E-state index contributed by atoms with van der Waals surface area (Å²) in [5.74, 6) is 0.0858. The van der Waals surface area contributed by atoms with E-state index in [0.717, 1.165) is 25.7 Å². The molecular weight excluding hydrogens is 272 g/mol. The quantitative estimate of drug-likeness (QED) is 0.877. The van der Waals surface area contributed by atoms with E-state index < -0.39 is 5.54 Å². The van der Waals surface area contributed by atoms with E-state index in [0.29, 0.717) is 19.7 Å². The number of carbonyl (C=O) groups is 1. The Hall–Kier alpha value is -0.910. The molecule has 0 saturated heterocycles. The maximum absolute atomic E-state index is 12.8. The predicted molar refractivity (Wildman–Crippen MR) is 81.6 cm³/mol. The van der Waals surface area contributed by atoms with E-state index in [9.17, 15) is 4.79 Å². The first-order chi connectivity index (χ1) is 9.65. The molecule has 1 aromatic heterocycles. The van der Waals surface area contributed by atoms with E-state index in [4.69, 9.17) is 10.5 Å². The van der Waals surface area contributed by atoms with E-state index in [2.05, 4.69) is 6.07 Å². The molecular formula is C15H24N2O2S. The average molecular weight is 296 g/mol. The fourth-order valence-electron chi connectivity index (χ4n) is 2.76. The van der Waals surface area contributed by atoms with Crippen LogP contribution in [0, 0.1) is 0 Å². The van der Waals surface area contributed by atoms with Gasteiger partial charge in [0, 0.05) is 18.5 Å². The van der Waals surface area contributed by atoms with Crippen molar-refractivity contribution in [3.05, 3.63) is 22.4 Å². The third-order valence-corrected chi connectivity index (χ3v) is 4.81. The number of rotatable bonds is 6. The Morgan fingerprint density at radius 3 is 2.80 bits per heavy atom. The lowest BCUT2D eigenvalue weighted by molar-refractivity contribution is -0.139. The zero-order chi connectivity index (χ0) is 14.4.